The van der Waals surface area contributed by atoms with Crippen LogP contribution in [0.3, 0.4) is 0 Å². The first kappa shape index (κ1) is 23.9. The number of piperazine rings is 1. The third-order valence-corrected chi connectivity index (χ3v) is 4.92. The van der Waals surface area contributed by atoms with E-state index in [1.807, 2.05) is 27.0 Å². The molecule has 1 fully saturated rings. The molecule has 1 atom stereocenters. The van der Waals surface area contributed by atoms with Crippen LogP contribution in [0.25, 0.3) is 0 Å². The Kier molecular flexibility index (Phi) is 10.3. The lowest BCUT2D eigenvalue weighted by Crippen LogP contribution is -2.52. The summed E-state index contributed by atoms with van der Waals surface area (Å²) in [5.41, 5.74) is 5.76. The number of carbonyl (C=O) groups excluding carboxylic acids is 2. The fourth-order valence-corrected chi connectivity index (χ4v) is 3.14. The zero-order chi connectivity index (χ0) is 17.0. The molecular weight excluding hydrogens is 385 g/mol. The van der Waals surface area contributed by atoms with E-state index in [4.69, 9.17) is 5.73 Å². The van der Waals surface area contributed by atoms with Gasteiger partial charge in [-0.2, -0.15) is 0 Å². The number of rotatable bonds is 5. The van der Waals surface area contributed by atoms with Crippen molar-refractivity contribution >= 4 is 53.1 Å². The maximum absolute atomic E-state index is 12.2. The number of carbonyl (C=O) groups is 2. The Morgan fingerprint density at radius 2 is 1.88 bits per heavy atom. The van der Waals surface area contributed by atoms with Crippen LogP contribution in [0.4, 0.5) is 5.13 Å². The summed E-state index contributed by atoms with van der Waals surface area (Å²) in [6.07, 6.45) is 1.87. The van der Waals surface area contributed by atoms with Crippen LogP contribution in [0, 0.1) is 12.8 Å². The number of halogens is 2. The van der Waals surface area contributed by atoms with Gasteiger partial charge in [0.25, 0.3) is 0 Å². The Hall–Kier alpha value is -1.09. The standard InChI is InChI=1S/C15H25N5O2S.2ClH/c1-10(2)13(16)14(22)17-9-12(21)19-4-6-20(7-5-19)15-18-8-11(3)23-15;;/h8,10,13H,4-7,9,16H2,1-3H3,(H,17,22);2*1H/t13-;;/m0../s1. The molecule has 1 saturated heterocycles. The highest BCUT2D eigenvalue weighted by Gasteiger charge is 2.24. The molecule has 0 aliphatic carbocycles. The monoisotopic (exact) mass is 411 g/mol. The molecule has 1 aliphatic heterocycles. The summed E-state index contributed by atoms with van der Waals surface area (Å²) in [6.45, 7) is 8.61. The number of nitrogens with zero attached hydrogens (tertiary/aromatic N) is 3. The van der Waals surface area contributed by atoms with E-state index in [1.54, 1.807) is 16.2 Å². The Morgan fingerprint density at radius 3 is 2.36 bits per heavy atom. The first-order valence-electron chi connectivity index (χ1n) is 7.87. The molecule has 2 heterocycles. The number of hydrogen-bond acceptors (Lipinski definition) is 6. The minimum Gasteiger partial charge on any atom is -0.346 e. The molecule has 1 aromatic heterocycles. The van der Waals surface area contributed by atoms with Crippen LogP contribution in [0.5, 0.6) is 0 Å². The van der Waals surface area contributed by atoms with Gasteiger partial charge in [0.15, 0.2) is 5.13 Å². The summed E-state index contributed by atoms with van der Waals surface area (Å²) in [7, 11) is 0. The van der Waals surface area contributed by atoms with Crippen LogP contribution >= 0.6 is 36.2 Å². The summed E-state index contributed by atoms with van der Waals surface area (Å²) < 4.78 is 0. The quantitative estimate of drug-likeness (QED) is 0.754. The summed E-state index contributed by atoms with van der Waals surface area (Å²) in [6, 6.07) is -0.576. The number of hydrogen-bond donors (Lipinski definition) is 2. The van der Waals surface area contributed by atoms with Crippen LogP contribution in [0.15, 0.2) is 6.20 Å². The van der Waals surface area contributed by atoms with E-state index >= 15 is 0 Å². The molecule has 0 radical (unpaired) electrons. The fraction of sp³-hybridized carbons (Fsp3) is 0.667. The predicted molar refractivity (Wildman–Crippen MR) is 106 cm³/mol. The van der Waals surface area contributed by atoms with E-state index in [0.29, 0.717) is 13.1 Å². The highest BCUT2D eigenvalue weighted by atomic mass is 35.5. The number of aryl methyl sites for hydroxylation is 1. The minimum absolute atomic E-state index is 0. The number of nitrogens with two attached hydrogens (primary N) is 1. The molecular formula is C15H27Cl2N5O2S. The molecule has 144 valence electrons. The SMILES string of the molecule is Cc1cnc(N2CCN(C(=O)CNC(=O)[C@@H](N)C(C)C)CC2)s1.Cl.Cl. The second-order valence-corrected chi connectivity index (χ2v) is 7.32. The van der Waals surface area contributed by atoms with Crippen molar-refractivity contribution in [3.8, 4) is 0 Å². The Bertz CT molecular complexity index is 562. The molecule has 0 saturated carbocycles. The summed E-state index contributed by atoms with van der Waals surface area (Å²) >= 11 is 1.66. The third kappa shape index (κ3) is 6.62. The normalized spacial score (nSPS) is 15.2. The second-order valence-electron chi connectivity index (χ2n) is 6.11. The van der Waals surface area contributed by atoms with Crippen molar-refractivity contribution in [1.82, 2.24) is 15.2 Å². The van der Waals surface area contributed by atoms with Crippen LogP contribution in [-0.4, -0.2) is 60.5 Å². The molecule has 1 aromatic rings. The molecule has 0 unspecified atom stereocenters. The lowest BCUT2D eigenvalue weighted by Gasteiger charge is -2.34. The smallest absolute Gasteiger partial charge is 0.242 e. The van der Waals surface area contributed by atoms with Crippen LogP contribution in [0.1, 0.15) is 18.7 Å². The van der Waals surface area contributed by atoms with Gasteiger partial charge in [-0.15, -0.1) is 36.2 Å². The Balaban J connectivity index is 0.00000288. The van der Waals surface area contributed by atoms with Gasteiger partial charge in [-0.1, -0.05) is 13.8 Å². The Morgan fingerprint density at radius 1 is 1.28 bits per heavy atom. The summed E-state index contributed by atoms with van der Waals surface area (Å²) in [5.74, 6) is -0.287. The van der Waals surface area contributed by atoms with E-state index in [-0.39, 0.29) is 49.1 Å². The van der Waals surface area contributed by atoms with Crippen molar-refractivity contribution in [2.45, 2.75) is 26.8 Å². The van der Waals surface area contributed by atoms with Gasteiger partial charge in [0.1, 0.15) is 0 Å². The number of thiazole rings is 1. The average Bonchev–Trinajstić information content (AvgIpc) is 2.98. The number of amides is 2. The van der Waals surface area contributed by atoms with E-state index in [2.05, 4.69) is 15.2 Å². The molecule has 25 heavy (non-hydrogen) atoms. The molecule has 2 amide bonds. The van der Waals surface area contributed by atoms with Crippen molar-refractivity contribution < 1.29 is 9.59 Å². The average molecular weight is 412 g/mol. The van der Waals surface area contributed by atoms with E-state index in [9.17, 15) is 9.59 Å². The van der Waals surface area contributed by atoms with Crippen LogP contribution < -0.4 is 16.0 Å². The van der Waals surface area contributed by atoms with Gasteiger partial charge < -0.3 is 20.9 Å². The van der Waals surface area contributed by atoms with Gasteiger partial charge in [-0.05, 0) is 12.8 Å². The maximum atomic E-state index is 12.2. The van der Waals surface area contributed by atoms with Gasteiger partial charge in [-0.25, -0.2) is 4.98 Å². The highest BCUT2D eigenvalue weighted by molar-refractivity contribution is 7.15. The van der Waals surface area contributed by atoms with E-state index in [0.717, 1.165) is 18.2 Å². The lowest BCUT2D eigenvalue weighted by atomic mass is 10.1. The third-order valence-electron chi connectivity index (χ3n) is 3.95. The number of aromatic nitrogens is 1. The highest BCUT2D eigenvalue weighted by Crippen LogP contribution is 2.22. The number of nitrogens with one attached hydrogen (secondary N) is 1. The zero-order valence-corrected chi connectivity index (χ0v) is 17.2. The van der Waals surface area contributed by atoms with Crippen molar-refractivity contribution in [1.29, 1.82) is 0 Å². The minimum atomic E-state index is -0.576. The van der Waals surface area contributed by atoms with Crippen molar-refractivity contribution in [3.05, 3.63) is 11.1 Å². The predicted octanol–water partition coefficient (Wildman–Crippen LogP) is 1.04. The molecule has 10 heteroatoms. The van der Waals surface area contributed by atoms with E-state index < -0.39 is 6.04 Å². The molecule has 2 rings (SSSR count). The van der Waals surface area contributed by atoms with Gasteiger partial charge in [0.05, 0.1) is 12.6 Å². The first-order valence-corrected chi connectivity index (χ1v) is 8.68. The van der Waals surface area contributed by atoms with Crippen molar-refractivity contribution in [2.75, 3.05) is 37.6 Å². The summed E-state index contributed by atoms with van der Waals surface area (Å²) in [5, 5.41) is 3.63. The first-order chi connectivity index (χ1) is 10.9. The second kappa shape index (κ2) is 10.8. The Labute approximate surface area is 165 Å². The lowest BCUT2D eigenvalue weighted by molar-refractivity contribution is -0.133. The van der Waals surface area contributed by atoms with Gasteiger partial charge in [-0.3, -0.25) is 9.59 Å². The van der Waals surface area contributed by atoms with E-state index in [1.165, 1.54) is 4.88 Å². The van der Waals surface area contributed by atoms with Crippen molar-refractivity contribution in [3.63, 3.8) is 0 Å². The van der Waals surface area contributed by atoms with Crippen LogP contribution in [-0.2, 0) is 9.59 Å². The van der Waals surface area contributed by atoms with Crippen molar-refractivity contribution in [2.24, 2.45) is 11.7 Å². The topological polar surface area (TPSA) is 91.6 Å². The maximum Gasteiger partial charge on any atom is 0.242 e. The molecule has 3 N–H and O–H groups in total. The molecule has 0 spiro atoms. The van der Waals surface area contributed by atoms with Gasteiger partial charge in [0, 0.05) is 37.3 Å². The molecule has 1 aliphatic rings. The van der Waals surface area contributed by atoms with Gasteiger partial charge >= 0.3 is 0 Å². The fourth-order valence-electron chi connectivity index (χ4n) is 2.33. The largest absolute Gasteiger partial charge is 0.346 e. The van der Waals surface area contributed by atoms with Crippen LogP contribution in [0.2, 0.25) is 0 Å². The molecule has 7 nitrogen and oxygen atoms in total. The number of anilines is 1. The zero-order valence-electron chi connectivity index (χ0n) is 14.7. The molecule has 0 bridgehead atoms. The molecule has 0 aromatic carbocycles. The summed E-state index contributed by atoms with van der Waals surface area (Å²) in [4.78, 5) is 33.5. The van der Waals surface area contributed by atoms with Gasteiger partial charge in [0.2, 0.25) is 11.8 Å².